The Morgan fingerprint density at radius 3 is 2.50 bits per heavy atom. The van der Waals surface area contributed by atoms with Gasteiger partial charge >= 0.3 is 5.97 Å². The van der Waals surface area contributed by atoms with Crippen LogP contribution in [0, 0.1) is 0 Å². The van der Waals surface area contributed by atoms with Crippen LogP contribution in [0.1, 0.15) is 6.92 Å². The van der Waals surface area contributed by atoms with Gasteiger partial charge in [0.25, 0.3) is 10.8 Å². The first-order valence-corrected chi connectivity index (χ1v) is 7.68. The van der Waals surface area contributed by atoms with Crippen molar-refractivity contribution >= 4 is 29.5 Å². The van der Waals surface area contributed by atoms with Crippen molar-refractivity contribution in [1.29, 1.82) is 0 Å². The molecule has 6 nitrogen and oxygen atoms in total. The van der Waals surface area contributed by atoms with Crippen LogP contribution in [0.2, 0.25) is 0 Å². The summed E-state index contributed by atoms with van der Waals surface area (Å²) >= 11 is 1.02. The van der Waals surface area contributed by atoms with Gasteiger partial charge in [0.05, 0.1) is 13.2 Å². The third-order valence-corrected chi connectivity index (χ3v) is 4.83. The molecule has 22 heavy (non-hydrogen) atoms. The number of carbonyl (C=O) groups is 3. The Balaban J connectivity index is 2.50. The summed E-state index contributed by atoms with van der Waals surface area (Å²) in [6.45, 7) is 1.75. The third kappa shape index (κ3) is 2.68. The van der Waals surface area contributed by atoms with E-state index in [0.29, 0.717) is 4.90 Å². The minimum absolute atomic E-state index is 0.0498. The van der Waals surface area contributed by atoms with Gasteiger partial charge in [0, 0.05) is 19.0 Å². The number of amides is 2. The van der Waals surface area contributed by atoms with Crippen LogP contribution in [0.4, 0.5) is 0 Å². The van der Waals surface area contributed by atoms with Gasteiger partial charge in [-0.2, -0.15) is 0 Å². The molecule has 1 heterocycles. The highest BCUT2D eigenvalue weighted by Gasteiger charge is 2.58. The van der Waals surface area contributed by atoms with E-state index in [-0.39, 0.29) is 19.1 Å². The second-order valence-electron chi connectivity index (χ2n) is 4.89. The number of hydrogen-bond acceptors (Lipinski definition) is 5. The molecule has 0 N–H and O–H groups in total. The number of likely N-dealkylation sites (N-methyl/N-ethyl adjacent to an activating group) is 2. The van der Waals surface area contributed by atoms with Crippen molar-refractivity contribution in [2.45, 2.75) is 16.7 Å². The Kier molecular flexibility index (Phi) is 4.75. The maximum Gasteiger partial charge on any atom is 0.353 e. The van der Waals surface area contributed by atoms with E-state index in [1.807, 2.05) is 6.07 Å². The van der Waals surface area contributed by atoms with Crippen molar-refractivity contribution in [1.82, 2.24) is 9.80 Å². The predicted octanol–water partition coefficient (Wildman–Crippen LogP) is 0.968. The first-order chi connectivity index (χ1) is 10.4. The largest absolute Gasteiger partial charge is 0.463 e. The summed E-state index contributed by atoms with van der Waals surface area (Å²) in [6.07, 6.45) is 0. The summed E-state index contributed by atoms with van der Waals surface area (Å²) in [6, 6.07) is 9.02. The van der Waals surface area contributed by atoms with Crippen molar-refractivity contribution < 1.29 is 19.1 Å². The summed E-state index contributed by atoms with van der Waals surface area (Å²) in [5.41, 5.74) is 0. The SMILES string of the molecule is CCOC(=O)C1(Sc2ccccc2)C(=O)N(C)CC(=O)N1C. The number of esters is 1. The van der Waals surface area contributed by atoms with E-state index >= 15 is 0 Å². The minimum Gasteiger partial charge on any atom is -0.463 e. The van der Waals surface area contributed by atoms with E-state index in [2.05, 4.69) is 0 Å². The van der Waals surface area contributed by atoms with Gasteiger partial charge in [-0.05, 0) is 19.1 Å². The van der Waals surface area contributed by atoms with Gasteiger partial charge in [0.2, 0.25) is 5.91 Å². The molecule has 1 fully saturated rings. The summed E-state index contributed by atoms with van der Waals surface area (Å²) in [7, 11) is 2.97. The Morgan fingerprint density at radius 2 is 1.91 bits per heavy atom. The molecule has 1 aliphatic rings. The molecular weight excluding hydrogens is 304 g/mol. The molecule has 0 spiro atoms. The maximum atomic E-state index is 12.7. The quantitative estimate of drug-likeness (QED) is 0.610. The Hall–Kier alpha value is -2.02. The molecule has 1 atom stereocenters. The number of hydrogen-bond donors (Lipinski definition) is 0. The highest BCUT2D eigenvalue weighted by molar-refractivity contribution is 8.02. The van der Waals surface area contributed by atoms with E-state index in [0.717, 1.165) is 11.8 Å². The number of carbonyl (C=O) groups excluding carboxylic acids is 3. The van der Waals surface area contributed by atoms with Crippen LogP contribution in [0.15, 0.2) is 35.2 Å². The number of rotatable bonds is 4. The molecule has 0 radical (unpaired) electrons. The van der Waals surface area contributed by atoms with Crippen LogP contribution >= 0.6 is 11.8 Å². The number of ether oxygens (including phenoxy) is 1. The molecule has 7 heteroatoms. The summed E-state index contributed by atoms with van der Waals surface area (Å²) in [5, 5.41) is 0. The second kappa shape index (κ2) is 6.39. The topological polar surface area (TPSA) is 66.9 Å². The molecule has 0 saturated carbocycles. The van der Waals surface area contributed by atoms with E-state index in [9.17, 15) is 14.4 Å². The zero-order chi connectivity index (χ0) is 16.3. The minimum atomic E-state index is -1.72. The highest BCUT2D eigenvalue weighted by Crippen LogP contribution is 2.39. The summed E-state index contributed by atoms with van der Waals surface area (Å²) in [5.74, 6) is -1.49. The smallest absolute Gasteiger partial charge is 0.353 e. The molecule has 1 aliphatic heterocycles. The zero-order valence-electron chi connectivity index (χ0n) is 12.7. The van der Waals surface area contributed by atoms with E-state index < -0.39 is 16.7 Å². The maximum absolute atomic E-state index is 12.7. The number of benzene rings is 1. The molecule has 2 amide bonds. The van der Waals surface area contributed by atoms with Crippen LogP contribution in [0.3, 0.4) is 0 Å². The van der Waals surface area contributed by atoms with Gasteiger partial charge in [0.1, 0.15) is 0 Å². The van der Waals surface area contributed by atoms with Gasteiger partial charge in [-0.1, -0.05) is 30.0 Å². The lowest BCUT2D eigenvalue weighted by atomic mass is 10.1. The Bertz CT molecular complexity index is 592. The lowest BCUT2D eigenvalue weighted by Gasteiger charge is -2.43. The fourth-order valence-corrected chi connectivity index (χ4v) is 3.48. The van der Waals surface area contributed by atoms with Crippen LogP contribution in [-0.2, 0) is 19.1 Å². The predicted molar refractivity (Wildman–Crippen MR) is 82.1 cm³/mol. The zero-order valence-corrected chi connectivity index (χ0v) is 13.6. The number of nitrogens with zero attached hydrogens (tertiary/aromatic N) is 2. The van der Waals surface area contributed by atoms with Gasteiger partial charge < -0.3 is 14.5 Å². The molecule has 2 rings (SSSR count). The average Bonchev–Trinajstić information content (AvgIpc) is 2.51. The van der Waals surface area contributed by atoms with Crippen LogP contribution < -0.4 is 0 Å². The van der Waals surface area contributed by atoms with E-state index in [1.165, 1.54) is 23.9 Å². The molecular formula is C15H18N2O4S. The fraction of sp³-hybridized carbons (Fsp3) is 0.400. The van der Waals surface area contributed by atoms with Crippen molar-refractivity contribution in [3.8, 4) is 0 Å². The monoisotopic (exact) mass is 322 g/mol. The second-order valence-corrected chi connectivity index (χ2v) is 6.16. The fourth-order valence-electron chi connectivity index (χ4n) is 2.22. The molecule has 118 valence electrons. The first kappa shape index (κ1) is 16.4. The molecule has 0 aliphatic carbocycles. The third-order valence-electron chi connectivity index (χ3n) is 3.42. The molecule has 1 aromatic carbocycles. The lowest BCUT2D eigenvalue weighted by molar-refractivity contribution is -0.169. The standard InChI is InChI=1S/C15H18N2O4S/c1-4-21-14(20)15(22-11-8-6-5-7-9-11)13(19)16(2)10-12(18)17(15)3/h5-9H,4,10H2,1-3H3. The van der Waals surface area contributed by atoms with Gasteiger partial charge in [-0.25, -0.2) is 4.79 Å². The average molecular weight is 322 g/mol. The van der Waals surface area contributed by atoms with Crippen molar-refractivity contribution in [2.24, 2.45) is 0 Å². The van der Waals surface area contributed by atoms with Gasteiger partial charge in [-0.3, -0.25) is 9.59 Å². The van der Waals surface area contributed by atoms with Crippen LogP contribution in [0.25, 0.3) is 0 Å². The normalized spacial score (nSPS) is 22.0. The Labute approximate surface area is 133 Å². The van der Waals surface area contributed by atoms with E-state index in [1.54, 1.807) is 31.2 Å². The van der Waals surface area contributed by atoms with E-state index in [4.69, 9.17) is 4.74 Å². The molecule has 0 bridgehead atoms. The number of piperazine rings is 1. The molecule has 1 aromatic rings. The van der Waals surface area contributed by atoms with Crippen molar-refractivity contribution in [3.63, 3.8) is 0 Å². The van der Waals surface area contributed by atoms with Crippen LogP contribution in [0.5, 0.6) is 0 Å². The summed E-state index contributed by atoms with van der Waals surface area (Å²) in [4.78, 5) is 38.9. The highest BCUT2D eigenvalue weighted by atomic mass is 32.2. The Morgan fingerprint density at radius 1 is 1.27 bits per heavy atom. The molecule has 1 saturated heterocycles. The van der Waals surface area contributed by atoms with Gasteiger partial charge in [0.15, 0.2) is 0 Å². The number of thioether (sulfide) groups is 1. The first-order valence-electron chi connectivity index (χ1n) is 6.87. The van der Waals surface area contributed by atoms with Crippen molar-refractivity contribution in [2.75, 3.05) is 27.2 Å². The van der Waals surface area contributed by atoms with Gasteiger partial charge in [-0.15, -0.1) is 0 Å². The molecule has 0 aromatic heterocycles. The molecule has 1 unspecified atom stereocenters. The van der Waals surface area contributed by atoms with Crippen LogP contribution in [-0.4, -0.2) is 59.7 Å². The van der Waals surface area contributed by atoms with Crippen molar-refractivity contribution in [3.05, 3.63) is 30.3 Å². The lowest BCUT2D eigenvalue weighted by Crippen LogP contribution is -2.68. The summed E-state index contributed by atoms with van der Waals surface area (Å²) < 4.78 is 5.09.